The minimum atomic E-state index is -0.231. The molecule has 1 N–H and O–H groups in total. The van der Waals surface area contributed by atoms with Gasteiger partial charge in [-0.15, -0.1) is 0 Å². The van der Waals surface area contributed by atoms with Gasteiger partial charge in [0.25, 0.3) is 5.91 Å². The largest absolute Gasteiger partial charge is 0.343 e. The van der Waals surface area contributed by atoms with Crippen molar-refractivity contribution >= 4 is 22.7 Å². The average molecular weight is 297 g/mol. The number of amides is 2. The number of benzene rings is 1. The molecule has 0 aliphatic carbocycles. The molecule has 1 aliphatic rings. The van der Waals surface area contributed by atoms with Crippen LogP contribution < -0.4 is 5.32 Å². The molecule has 1 aromatic heterocycles. The molecule has 2 amide bonds. The number of para-hydroxylation sites is 1. The number of aryl methyl sites for hydroxylation is 1. The first-order chi connectivity index (χ1) is 10.7. The third-order valence-corrected chi connectivity index (χ3v) is 4.08. The summed E-state index contributed by atoms with van der Waals surface area (Å²) in [4.78, 5) is 30.5. The van der Waals surface area contributed by atoms with E-state index in [0.29, 0.717) is 5.56 Å². The van der Waals surface area contributed by atoms with Gasteiger partial charge < -0.3 is 10.2 Å². The summed E-state index contributed by atoms with van der Waals surface area (Å²) < 4.78 is 0. The minimum Gasteiger partial charge on any atom is -0.343 e. The lowest BCUT2D eigenvalue weighted by atomic mass is 10.1. The van der Waals surface area contributed by atoms with Crippen molar-refractivity contribution in [2.24, 2.45) is 0 Å². The van der Waals surface area contributed by atoms with Gasteiger partial charge >= 0.3 is 0 Å². The Kier molecular flexibility index (Phi) is 4.04. The third kappa shape index (κ3) is 2.79. The van der Waals surface area contributed by atoms with E-state index in [0.717, 1.165) is 42.4 Å². The van der Waals surface area contributed by atoms with E-state index < -0.39 is 0 Å². The van der Waals surface area contributed by atoms with E-state index >= 15 is 0 Å². The Labute approximate surface area is 129 Å². The lowest BCUT2D eigenvalue weighted by Crippen LogP contribution is -2.38. The molecule has 5 heteroatoms. The molecule has 1 aromatic carbocycles. The van der Waals surface area contributed by atoms with Crippen molar-refractivity contribution in [1.29, 1.82) is 0 Å². The molecule has 2 heterocycles. The van der Waals surface area contributed by atoms with Crippen LogP contribution in [0.3, 0.4) is 0 Å². The molecule has 0 spiro atoms. The fourth-order valence-electron chi connectivity index (χ4n) is 2.85. The highest BCUT2D eigenvalue weighted by Gasteiger charge is 2.19. The number of rotatable bonds is 3. The van der Waals surface area contributed by atoms with E-state index in [2.05, 4.69) is 10.3 Å². The van der Waals surface area contributed by atoms with Gasteiger partial charge in [0.15, 0.2) is 0 Å². The van der Waals surface area contributed by atoms with Crippen LogP contribution in [0.2, 0.25) is 0 Å². The van der Waals surface area contributed by atoms with Crippen LogP contribution in [0, 0.1) is 6.92 Å². The van der Waals surface area contributed by atoms with Crippen molar-refractivity contribution in [2.45, 2.75) is 19.8 Å². The molecular formula is C17H19N3O2. The van der Waals surface area contributed by atoms with Crippen molar-refractivity contribution in [3.05, 3.63) is 41.6 Å². The standard InChI is InChI=1S/C17H19N3O2/c1-12-5-4-6-13-14(7-8-18-16(12)13)17(22)19-11-15(21)20-9-2-3-10-20/h4-8H,2-3,9-11H2,1H3,(H,19,22). The van der Waals surface area contributed by atoms with Gasteiger partial charge in [0.2, 0.25) is 5.91 Å². The number of aromatic nitrogens is 1. The van der Waals surface area contributed by atoms with Gasteiger partial charge in [0, 0.05) is 24.7 Å². The summed E-state index contributed by atoms with van der Waals surface area (Å²) in [6, 6.07) is 7.45. The molecule has 3 rings (SSSR count). The van der Waals surface area contributed by atoms with Gasteiger partial charge in [0.1, 0.15) is 0 Å². The maximum absolute atomic E-state index is 12.4. The van der Waals surface area contributed by atoms with Crippen LogP contribution >= 0.6 is 0 Å². The van der Waals surface area contributed by atoms with Gasteiger partial charge in [-0.3, -0.25) is 14.6 Å². The highest BCUT2D eigenvalue weighted by Crippen LogP contribution is 2.19. The number of likely N-dealkylation sites (tertiary alicyclic amines) is 1. The van der Waals surface area contributed by atoms with Crippen LogP contribution in [0.5, 0.6) is 0 Å². The number of nitrogens with zero attached hydrogens (tertiary/aromatic N) is 2. The smallest absolute Gasteiger partial charge is 0.252 e. The van der Waals surface area contributed by atoms with Gasteiger partial charge in [0.05, 0.1) is 17.6 Å². The Morgan fingerprint density at radius 3 is 2.77 bits per heavy atom. The van der Waals surface area contributed by atoms with Crippen molar-refractivity contribution in [3.63, 3.8) is 0 Å². The van der Waals surface area contributed by atoms with E-state index in [9.17, 15) is 9.59 Å². The van der Waals surface area contributed by atoms with E-state index in [1.807, 2.05) is 25.1 Å². The number of pyridine rings is 1. The van der Waals surface area contributed by atoms with Crippen LogP contribution in [-0.2, 0) is 4.79 Å². The summed E-state index contributed by atoms with van der Waals surface area (Å²) >= 11 is 0. The molecule has 22 heavy (non-hydrogen) atoms. The van der Waals surface area contributed by atoms with Crippen molar-refractivity contribution in [3.8, 4) is 0 Å². The van der Waals surface area contributed by atoms with Crippen molar-refractivity contribution in [1.82, 2.24) is 15.2 Å². The Morgan fingerprint density at radius 1 is 1.23 bits per heavy atom. The highest BCUT2D eigenvalue weighted by atomic mass is 16.2. The Hall–Kier alpha value is -2.43. The van der Waals surface area contributed by atoms with Crippen LogP contribution in [0.25, 0.3) is 10.9 Å². The lowest BCUT2D eigenvalue weighted by molar-refractivity contribution is -0.129. The van der Waals surface area contributed by atoms with E-state index in [-0.39, 0.29) is 18.4 Å². The number of hydrogen-bond donors (Lipinski definition) is 1. The summed E-state index contributed by atoms with van der Waals surface area (Å²) in [5.74, 6) is -0.245. The van der Waals surface area contributed by atoms with Crippen molar-refractivity contribution in [2.75, 3.05) is 19.6 Å². The molecule has 0 bridgehead atoms. The molecule has 5 nitrogen and oxygen atoms in total. The van der Waals surface area contributed by atoms with E-state index in [1.54, 1.807) is 17.2 Å². The molecule has 0 saturated carbocycles. The predicted octanol–water partition coefficient (Wildman–Crippen LogP) is 1.90. The van der Waals surface area contributed by atoms with Gasteiger partial charge in [-0.1, -0.05) is 18.2 Å². The number of nitrogens with one attached hydrogen (secondary N) is 1. The number of carbonyl (C=O) groups is 2. The fraction of sp³-hybridized carbons (Fsp3) is 0.353. The first-order valence-corrected chi connectivity index (χ1v) is 7.57. The quantitative estimate of drug-likeness (QED) is 0.941. The van der Waals surface area contributed by atoms with Crippen LogP contribution in [0.1, 0.15) is 28.8 Å². The molecular weight excluding hydrogens is 278 g/mol. The summed E-state index contributed by atoms with van der Waals surface area (Å²) in [5.41, 5.74) is 2.41. The topological polar surface area (TPSA) is 62.3 Å². The van der Waals surface area contributed by atoms with E-state index in [4.69, 9.17) is 0 Å². The summed E-state index contributed by atoms with van der Waals surface area (Å²) in [6.07, 6.45) is 3.73. The van der Waals surface area contributed by atoms with Crippen LogP contribution in [-0.4, -0.2) is 41.3 Å². The molecule has 2 aromatic rings. The fourth-order valence-corrected chi connectivity index (χ4v) is 2.85. The number of hydrogen-bond acceptors (Lipinski definition) is 3. The second-order valence-corrected chi connectivity index (χ2v) is 5.60. The molecule has 114 valence electrons. The molecule has 0 unspecified atom stereocenters. The zero-order valence-electron chi connectivity index (χ0n) is 12.6. The average Bonchev–Trinajstić information content (AvgIpc) is 3.07. The Morgan fingerprint density at radius 2 is 2.00 bits per heavy atom. The maximum atomic E-state index is 12.4. The van der Waals surface area contributed by atoms with Gasteiger partial charge in [-0.2, -0.15) is 0 Å². The van der Waals surface area contributed by atoms with Crippen molar-refractivity contribution < 1.29 is 9.59 Å². The van der Waals surface area contributed by atoms with Gasteiger partial charge in [-0.25, -0.2) is 0 Å². The summed E-state index contributed by atoms with van der Waals surface area (Å²) in [6.45, 7) is 3.61. The van der Waals surface area contributed by atoms with Crippen LogP contribution in [0.15, 0.2) is 30.5 Å². The normalized spacial score (nSPS) is 14.3. The SMILES string of the molecule is Cc1cccc2c(C(=O)NCC(=O)N3CCCC3)ccnc12. The van der Waals surface area contributed by atoms with E-state index in [1.165, 1.54) is 0 Å². The number of fused-ring (bicyclic) bond motifs is 1. The second-order valence-electron chi connectivity index (χ2n) is 5.60. The molecule has 1 saturated heterocycles. The monoisotopic (exact) mass is 297 g/mol. The predicted molar refractivity (Wildman–Crippen MR) is 84.6 cm³/mol. The van der Waals surface area contributed by atoms with Gasteiger partial charge in [-0.05, 0) is 31.4 Å². The molecule has 0 radical (unpaired) electrons. The lowest BCUT2D eigenvalue weighted by Gasteiger charge is -2.15. The minimum absolute atomic E-state index is 0.0135. The Balaban J connectivity index is 1.75. The van der Waals surface area contributed by atoms with Crippen LogP contribution in [0.4, 0.5) is 0 Å². The zero-order valence-corrected chi connectivity index (χ0v) is 12.6. The maximum Gasteiger partial charge on any atom is 0.252 e. The zero-order chi connectivity index (χ0) is 15.5. The summed E-state index contributed by atoms with van der Waals surface area (Å²) in [5, 5.41) is 3.54. The first-order valence-electron chi connectivity index (χ1n) is 7.57. The second kappa shape index (κ2) is 6.13. The summed E-state index contributed by atoms with van der Waals surface area (Å²) in [7, 11) is 0. The molecule has 1 fully saturated rings. The third-order valence-electron chi connectivity index (χ3n) is 4.08. The molecule has 1 aliphatic heterocycles. The Bertz CT molecular complexity index is 721. The number of carbonyl (C=O) groups excluding carboxylic acids is 2. The molecule has 0 atom stereocenters. The highest BCUT2D eigenvalue weighted by molar-refractivity contribution is 6.07. The first kappa shape index (κ1) is 14.5.